The zero-order valence-corrected chi connectivity index (χ0v) is 12.1. The van der Waals surface area contributed by atoms with Crippen molar-refractivity contribution in [1.29, 1.82) is 0 Å². The van der Waals surface area contributed by atoms with Gasteiger partial charge in [-0.05, 0) is 33.2 Å². The minimum atomic E-state index is 0.238. The van der Waals surface area contributed by atoms with Crippen LogP contribution in [0.2, 0.25) is 0 Å². The summed E-state index contributed by atoms with van der Waals surface area (Å²) < 4.78 is 5.45. The van der Waals surface area contributed by atoms with Crippen LogP contribution in [0.1, 0.15) is 36.1 Å². The van der Waals surface area contributed by atoms with Gasteiger partial charge in [-0.1, -0.05) is 6.42 Å². The molecule has 1 saturated heterocycles. The summed E-state index contributed by atoms with van der Waals surface area (Å²) >= 11 is 0. The van der Waals surface area contributed by atoms with Gasteiger partial charge in [0, 0.05) is 29.9 Å². The predicted octanol–water partition coefficient (Wildman–Crippen LogP) is 2.05. The summed E-state index contributed by atoms with van der Waals surface area (Å²) in [5.74, 6) is 0.933. The molecular formula is C15H24N2O2. The van der Waals surface area contributed by atoms with Crippen molar-refractivity contribution in [3.05, 3.63) is 23.0 Å². The molecule has 0 saturated carbocycles. The number of likely N-dealkylation sites (tertiary alicyclic amines) is 1. The topological polar surface area (TPSA) is 45.6 Å². The molecule has 1 aromatic heterocycles. The van der Waals surface area contributed by atoms with Crippen LogP contribution < -0.4 is 4.74 Å². The number of aliphatic hydroxyl groups excluding tert-OH is 1. The Morgan fingerprint density at radius 1 is 1.42 bits per heavy atom. The van der Waals surface area contributed by atoms with Gasteiger partial charge in [0.25, 0.3) is 0 Å². The molecule has 0 unspecified atom stereocenters. The smallest absolute Gasteiger partial charge is 0.128 e. The van der Waals surface area contributed by atoms with Gasteiger partial charge < -0.3 is 9.84 Å². The molecule has 106 valence electrons. The lowest BCUT2D eigenvalue weighted by Crippen LogP contribution is -2.41. The minimum absolute atomic E-state index is 0.238. The third-order valence-corrected chi connectivity index (χ3v) is 4.06. The number of aromatic nitrogens is 1. The summed E-state index contributed by atoms with van der Waals surface area (Å²) in [5, 5.41) is 9.47. The Bertz CT molecular complexity index is 434. The highest BCUT2D eigenvalue weighted by Gasteiger charge is 2.23. The summed E-state index contributed by atoms with van der Waals surface area (Å²) in [6, 6.07) is 0.280. The van der Waals surface area contributed by atoms with E-state index in [1.807, 2.05) is 13.1 Å². The van der Waals surface area contributed by atoms with Crippen LogP contribution in [0.3, 0.4) is 0 Å². The molecular weight excluding hydrogens is 240 g/mol. The van der Waals surface area contributed by atoms with Gasteiger partial charge in [0.2, 0.25) is 0 Å². The molecule has 1 N–H and O–H groups in total. The molecule has 2 heterocycles. The molecule has 4 heteroatoms. The van der Waals surface area contributed by atoms with Crippen LogP contribution in [0.25, 0.3) is 0 Å². The van der Waals surface area contributed by atoms with Crippen LogP contribution in [0, 0.1) is 13.8 Å². The second-order valence-corrected chi connectivity index (χ2v) is 5.35. The van der Waals surface area contributed by atoms with E-state index in [-0.39, 0.29) is 12.6 Å². The fourth-order valence-corrected chi connectivity index (χ4v) is 2.90. The van der Waals surface area contributed by atoms with E-state index in [2.05, 4.69) is 16.8 Å². The highest BCUT2D eigenvalue weighted by atomic mass is 16.5. The van der Waals surface area contributed by atoms with Gasteiger partial charge in [-0.25, -0.2) is 0 Å². The maximum atomic E-state index is 9.47. The zero-order chi connectivity index (χ0) is 13.8. The van der Waals surface area contributed by atoms with E-state index < -0.39 is 0 Å². The van der Waals surface area contributed by atoms with Crippen LogP contribution >= 0.6 is 0 Å². The largest absolute Gasteiger partial charge is 0.496 e. The zero-order valence-electron chi connectivity index (χ0n) is 12.1. The molecule has 19 heavy (non-hydrogen) atoms. The molecule has 1 aliphatic heterocycles. The Morgan fingerprint density at radius 2 is 2.21 bits per heavy atom. The second-order valence-electron chi connectivity index (χ2n) is 5.35. The van der Waals surface area contributed by atoms with Crippen molar-refractivity contribution in [3.63, 3.8) is 0 Å². The fourth-order valence-electron chi connectivity index (χ4n) is 2.90. The lowest BCUT2D eigenvalue weighted by Gasteiger charge is -2.34. The van der Waals surface area contributed by atoms with Crippen LogP contribution in [0.15, 0.2) is 6.20 Å². The number of nitrogens with zero attached hydrogens (tertiary/aromatic N) is 2. The minimum Gasteiger partial charge on any atom is -0.496 e. The SMILES string of the molecule is COc1c(C)cnc(CN2CCCC[C@@H]2CO)c1C. The summed E-state index contributed by atoms with van der Waals surface area (Å²) in [6.45, 7) is 6.16. The van der Waals surface area contributed by atoms with Crippen molar-refractivity contribution in [2.75, 3.05) is 20.3 Å². The molecule has 0 amide bonds. The van der Waals surface area contributed by atoms with Crippen LogP contribution in [0.4, 0.5) is 0 Å². The van der Waals surface area contributed by atoms with Crippen LogP contribution in [-0.4, -0.2) is 41.3 Å². The summed E-state index contributed by atoms with van der Waals surface area (Å²) in [7, 11) is 1.70. The van der Waals surface area contributed by atoms with E-state index in [0.717, 1.165) is 42.1 Å². The van der Waals surface area contributed by atoms with Crippen molar-refractivity contribution < 1.29 is 9.84 Å². The number of aryl methyl sites for hydroxylation is 1. The molecule has 0 bridgehead atoms. The van der Waals surface area contributed by atoms with Gasteiger partial charge in [-0.2, -0.15) is 0 Å². The quantitative estimate of drug-likeness (QED) is 0.904. The van der Waals surface area contributed by atoms with Crippen LogP contribution in [0.5, 0.6) is 5.75 Å². The van der Waals surface area contributed by atoms with Crippen molar-refractivity contribution in [2.24, 2.45) is 0 Å². The van der Waals surface area contributed by atoms with Crippen molar-refractivity contribution in [3.8, 4) is 5.75 Å². The molecule has 0 aromatic carbocycles. The highest BCUT2D eigenvalue weighted by Crippen LogP contribution is 2.26. The molecule has 0 spiro atoms. The summed E-state index contributed by atoms with van der Waals surface area (Å²) in [6.07, 6.45) is 5.38. The molecule has 1 atom stereocenters. The molecule has 1 aromatic rings. The van der Waals surface area contributed by atoms with Crippen LogP contribution in [-0.2, 0) is 6.54 Å². The molecule has 2 rings (SSSR count). The Labute approximate surface area is 115 Å². The highest BCUT2D eigenvalue weighted by molar-refractivity contribution is 5.41. The van der Waals surface area contributed by atoms with Crippen molar-refractivity contribution >= 4 is 0 Å². The first-order valence-corrected chi connectivity index (χ1v) is 7.01. The molecule has 0 radical (unpaired) electrons. The number of pyridine rings is 1. The third-order valence-electron chi connectivity index (χ3n) is 4.06. The van der Waals surface area contributed by atoms with Gasteiger partial charge in [0.15, 0.2) is 0 Å². The van der Waals surface area contributed by atoms with Gasteiger partial charge >= 0.3 is 0 Å². The Hall–Kier alpha value is -1.13. The maximum absolute atomic E-state index is 9.47. The number of hydrogen-bond acceptors (Lipinski definition) is 4. The van der Waals surface area contributed by atoms with Gasteiger partial charge in [0.1, 0.15) is 5.75 Å². The first kappa shape index (κ1) is 14.3. The Balaban J connectivity index is 2.18. The normalized spacial score (nSPS) is 20.5. The predicted molar refractivity (Wildman–Crippen MR) is 75.4 cm³/mol. The first-order chi connectivity index (χ1) is 9.17. The number of rotatable bonds is 4. The van der Waals surface area contributed by atoms with E-state index >= 15 is 0 Å². The lowest BCUT2D eigenvalue weighted by molar-refractivity contribution is 0.0828. The summed E-state index contributed by atoms with van der Waals surface area (Å²) in [5.41, 5.74) is 3.24. The lowest BCUT2D eigenvalue weighted by atomic mass is 10.0. The average Bonchev–Trinajstić information content (AvgIpc) is 2.43. The molecule has 0 aliphatic carbocycles. The van der Waals surface area contributed by atoms with E-state index in [0.29, 0.717) is 0 Å². The average molecular weight is 264 g/mol. The monoisotopic (exact) mass is 264 g/mol. The van der Waals surface area contributed by atoms with E-state index in [4.69, 9.17) is 4.74 Å². The van der Waals surface area contributed by atoms with Gasteiger partial charge in [0.05, 0.1) is 19.4 Å². The Kier molecular flexibility index (Phi) is 4.77. The fraction of sp³-hybridized carbons (Fsp3) is 0.667. The first-order valence-electron chi connectivity index (χ1n) is 7.01. The van der Waals surface area contributed by atoms with Gasteiger partial charge in [-0.3, -0.25) is 9.88 Å². The maximum Gasteiger partial charge on any atom is 0.128 e. The standard InChI is InChI=1S/C15H24N2O2/c1-11-8-16-14(12(2)15(11)19-3)9-17-7-5-4-6-13(17)10-18/h8,13,18H,4-7,9-10H2,1-3H3/t13-/m1/s1. The van der Waals surface area contributed by atoms with E-state index in [1.54, 1.807) is 7.11 Å². The van der Waals surface area contributed by atoms with E-state index in [1.165, 1.54) is 12.8 Å². The number of piperidine rings is 1. The van der Waals surface area contributed by atoms with Gasteiger partial charge in [-0.15, -0.1) is 0 Å². The number of aliphatic hydroxyl groups is 1. The number of hydrogen-bond donors (Lipinski definition) is 1. The second kappa shape index (κ2) is 6.35. The van der Waals surface area contributed by atoms with Crippen molar-refractivity contribution in [1.82, 2.24) is 9.88 Å². The molecule has 1 aliphatic rings. The molecule has 4 nitrogen and oxygen atoms in total. The third kappa shape index (κ3) is 3.07. The number of methoxy groups -OCH3 is 1. The molecule has 1 fully saturated rings. The summed E-state index contributed by atoms with van der Waals surface area (Å²) in [4.78, 5) is 6.89. The van der Waals surface area contributed by atoms with E-state index in [9.17, 15) is 5.11 Å². The Morgan fingerprint density at radius 3 is 2.89 bits per heavy atom. The number of ether oxygens (including phenoxy) is 1. The van der Waals surface area contributed by atoms with Crippen molar-refractivity contribution in [2.45, 2.75) is 45.7 Å².